The Bertz CT molecular complexity index is 616. The summed E-state index contributed by atoms with van der Waals surface area (Å²) in [4.78, 5) is 58.9. The minimum Gasteiger partial charge on any atom is -0.480 e. The van der Waals surface area contributed by atoms with E-state index in [4.69, 9.17) is 21.7 Å². The Hall–Kier alpha value is -2.38. The maximum Gasteiger partial charge on any atom is 0.328 e. The Balaban J connectivity index is 5.18. The number of thiol groups is 1. The van der Waals surface area contributed by atoms with Crippen molar-refractivity contribution in [3.63, 3.8) is 0 Å². The minimum absolute atomic E-state index is 0.116. The first-order valence-corrected chi connectivity index (χ1v) is 9.45. The van der Waals surface area contributed by atoms with Gasteiger partial charge in [0.15, 0.2) is 0 Å². The molecular formula is C16H29N5O7S. The first-order chi connectivity index (χ1) is 13.4. The number of carboxylic acids is 1. The lowest BCUT2D eigenvalue weighted by molar-refractivity contribution is -0.143. The second kappa shape index (κ2) is 13.0. The van der Waals surface area contributed by atoms with Crippen molar-refractivity contribution in [2.45, 2.75) is 50.9 Å². The molecule has 0 saturated carbocycles. The number of aliphatic hydroxyl groups is 1. The van der Waals surface area contributed by atoms with E-state index in [-0.39, 0.29) is 11.7 Å². The predicted molar refractivity (Wildman–Crippen MR) is 106 cm³/mol. The Morgan fingerprint density at radius 3 is 1.83 bits per heavy atom. The fourth-order valence-electron chi connectivity index (χ4n) is 2.23. The molecule has 0 aliphatic carbocycles. The highest BCUT2D eigenvalue weighted by molar-refractivity contribution is 7.80. The van der Waals surface area contributed by atoms with Crippen LogP contribution in [-0.2, 0) is 24.0 Å². The molecule has 0 aliphatic rings. The maximum atomic E-state index is 12.5. The smallest absolute Gasteiger partial charge is 0.328 e. The number of primary amides is 1. The third-order valence-corrected chi connectivity index (χ3v) is 4.08. The number of nitrogens with two attached hydrogens (primary N) is 2. The first kappa shape index (κ1) is 26.6. The van der Waals surface area contributed by atoms with Gasteiger partial charge in [0.1, 0.15) is 18.1 Å². The Morgan fingerprint density at radius 2 is 1.41 bits per heavy atom. The lowest BCUT2D eigenvalue weighted by Crippen LogP contribution is -2.58. The molecule has 0 spiro atoms. The average molecular weight is 436 g/mol. The van der Waals surface area contributed by atoms with Crippen molar-refractivity contribution in [2.24, 2.45) is 17.4 Å². The van der Waals surface area contributed by atoms with Crippen LogP contribution in [0, 0.1) is 5.92 Å². The van der Waals surface area contributed by atoms with Gasteiger partial charge in [0, 0.05) is 5.75 Å². The first-order valence-electron chi connectivity index (χ1n) is 8.82. The summed E-state index contributed by atoms with van der Waals surface area (Å²) in [5.41, 5.74) is 10.9. The van der Waals surface area contributed by atoms with Gasteiger partial charge in [-0.25, -0.2) is 4.79 Å². The zero-order chi connectivity index (χ0) is 22.7. The van der Waals surface area contributed by atoms with Gasteiger partial charge in [-0.3, -0.25) is 19.2 Å². The van der Waals surface area contributed by atoms with Gasteiger partial charge in [-0.05, 0) is 12.3 Å². The number of carbonyl (C=O) groups is 5. The van der Waals surface area contributed by atoms with Crippen LogP contribution in [0.5, 0.6) is 0 Å². The molecule has 12 nitrogen and oxygen atoms in total. The number of carbonyl (C=O) groups excluding carboxylic acids is 4. The number of amides is 4. The number of rotatable bonds is 13. The number of aliphatic hydroxyl groups excluding tert-OH is 1. The van der Waals surface area contributed by atoms with Gasteiger partial charge in [0.05, 0.1) is 19.1 Å². The number of hydrogen-bond donors (Lipinski definition) is 8. The summed E-state index contributed by atoms with van der Waals surface area (Å²) in [6.45, 7) is 2.85. The highest BCUT2D eigenvalue weighted by Crippen LogP contribution is 2.04. The lowest BCUT2D eigenvalue weighted by Gasteiger charge is -2.24. The highest BCUT2D eigenvalue weighted by Gasteiger charge is 2.30. The predicted octanol–water partition coefficient (Wildman–Crippen LogP) is -3.30. The van der Waals surface area contributed by atoms with Crippen LogP contribution in [0.2, 0.25) is 0 Å². The summed E-state index contributed by atoms with van der Waals surface area (Å²) in [7, 11) is 0. The van der Waals surface area contributed by atoms with E-state index in [1.807, 2.05) is 19.2 Å². The van der Waals surface area contributed by atoms with Crippen LogP contribution in [0.15, 0.2) is 0 Å². The summed E-state index contributed by atoms with van der Waals surface area (Å²) in [5, 5.41) is 24.5. The molecule has 0 rings (SSSR count). The topological polar surface area (TPSA) is 214 Å². The Kier molecular flexibility index (Phi) is 11.9. The fraction of sp³-hybridized carbons (Fsp3) is 0.688. The molecule has 29 heavy (non-hydrogen) atoms. The monoisotopic (exact) mass is 435 g/mol. The van der Waals surface area contributed by atoms with E-state index in [0.717, 1.165) is 0 Å². The number of nitrogens with one attached hydrogen (secondary N) is 3. The second-order valence-corrected chi connectivity index (χ2v) is 7.16. The average Bonchev–Trinajstić information content (AvgIpc) is 2.61. The van der Waals surface area contributed by atoms with Gasteiger partial charge >= 0.3 is 5.97 Å². The Morgan fingerprint density at radius 1 is 0.931 bits per heavy atom. The van der Waals surface area contributed by atoms with Gasteiger partial charge in [-0.2, -0.15) is 12.6 Å². The zero-order valence-corrected chi connectivity index (χ0v) is 17.1. The van der Waals surface area contributed by atoms with E-state index in [2.05, 4.69) is 23.3 Å². The SMILES string of the molecule is CC(C)CC(N)C(=O)NC(CC(N)=O)C(=O)NC(CS)C(=O)NC(CO)C(=O)O. The van der Waals surface area contributed by atoms with Crippen LogP contribution in [0.4, 0.5) is 0 Å². The normalized spacial score (nSPS) is 15.0. The quantitative estimate of drug-likeness (QED) is 0.137. The van der Waals surface area contributed by atoms with Gasteiger partial charge in [-0.1, -0.05) is 13.8 Å². The summed E-state index contributed by atoms with van der Waals surface area (Å²) in [6.07, 6.45) is -0.197. The van der Waals surface area contributed by atoms with E-state index in [1.165, 1.54) is 0 Å². The standard InChI is InChI=1S/C16H29N5O7S/c1-7(2)3-8(17)13(24)19-9(4-12(18)23)14(25)21-11(6-29)15(26)20-10(5-22)16(27)28/h7-11,22,29H,3-6,17H2,1-2H3,(H2,18,23)(H,19,24)(H,20,26)(H,21,25)(H,27,28). The van der Waals surface area contributed by atoms with E-state index in [9.17, 15) is 24.0 Å². The number of hydrogen-bond acceptors (Lipinski definition) is 8. The van der Waals surface area contributed by atoms with E-state index in [0.29, 0.717) is 6.42 Å². The molecule has 0 bridgehead atoms. The van der Waals surface area contributed by atoms with Gasteiger partial charge in [0.25, 0.3) is 0 Å². The molecule has 0 heterocycles. The summed E-state index contributed by atoms with van der Waals surface area (Å²) >= 11 is 3.93. The third kappa shape index (κ3) is 10.1. The van der Waals surface area contributed by atoms with Crippen LogP contribution in [0.1, 0.15) is 26.7 Å². The molecule has 9 N–H and O–H groups in total. The van der Waals surface area contributed by atoms with E-state index < -0.39 is 66.8 Å². The van der Waals surface area contributed by atoms with Gasteiger partial charge in [0.2, 0.25) is 23.6 Å². The summed E-state index contributed by atoms with van der Waals surface area (Å²) in [6, 6.07) is -5.17. The van der Waals surface area contributed by atoms with Crippen molar-refractivity contribution in [3.05, 3.63) is 0 Å². The molecule has 4 amide bonds. The molecule has 0 aromatic rings. The van der Waals surface area contributed by atoms with Crippen LogP contribution >= 0.6 is 12.6 Å². The molecule has 166 valence electrons. The van der Waals surface area contributed by atoms with Crippen molar-refractivity contribution in [3.8, 4) is 0 Å². The molecule has 0 aromatic heterocycles. The number of carboxylic acid groups (broad SMARTS) is 1. The van der Waals surface area contributed by atoms with Gasteiger partial charge in [-0.15, -0.1) is 0 Å². The van der Waals surface area contributed by atoms with Crippen LogP contribution in [0.25, 0.3) is 0 Å². The zero-order valence-electron chi connectivity index (χ0n) is 16.3. The highest BCUT2D eigenvalue weighted by atomic mass is 32.1. The van der Waals surface area contributed by atoms with E-state index in [1.54, 1.807) is 0 Å². The van der Waals surface area contributed by atoms with Crippen molar-refractivity contribution in [2.75, 3.05) is 12.4 Å². The molecule has 4 atom stereocenters. The Labute approximate surface area is 173 Å². The largest absolute Gasteiger partial charge is 0.480 e. The minimum atomic E-state index is -1.57. The van der Waals surface area contributed by atoms with Crippen molar-refractivity contribution in [1.29, 1.82) is 0 Å². The van der Waals surface area contributed by atoms with Crippen LogP contribution in [-0.4, -0.2) is 76.3 Å². The maximum absolute atomic E-state index is 12.5. The van der Waals surface area contributed by atoms with E-state index >= 15 is 0 Å². The fourth-order valence-corrected chi connectivity index (χ4v) is 2.49. The van der Waals surface area contributed by atoms with Crippen LogP contribution in [0.3, 0.4) is 0 Å². The van der Waals surface area contributed by atoms with Crippen molar-refractivity contribution in [1.82, 2.24) is 16.0 Å². The lowest BCUT2D eigenvalue weighted by atomic mass is 10.0. The second-order valence-electron chi connectivity index (χ2n) is 6.79. The summed E-state index contributed by atoms with van der Waals surface area (Å²) in [5.74, 6) is -4.94. The van der Waals surface area contributed by atoms with Crippen LogP contribution < -0.4 is 27.4 Å². The molecule has 4 unspecified atom stereocenters. The van der Waals surface area contributed by atoms with Gasteiger partial charge < -0.3 is 37.6 Å². The molecular weight excluding hydrogens is 406 g/mol. The molecule has 0 aromatic carbocycles. The van der Waals surface area contributed by atoms with Crippen molar-refractivity contribution < 1.29 is 34.2 Å². The number of aliphatic carboxylic acids is 1. The molecule has 0 fully saturated rings. The molecule has 0 radical (unpaired) electrons. The molecule has 0 aliphatic heterocycles. The molecule has 0 saturated heterocycles. The summed E-state index contributed by atoms with van der Waals surface area (Å²) < 4.78 is 0. The molecule has 13 heteroatoms. The third-order valence-electron chi connectivity index (χ3n) is 3.71. The van der Waals surface area contributed by atoms with Crippen molar-refractivity contribution >= 4 is 42.2 Å².